The number of hydrogen-bond donors (Lipinski definition) is 1. The van der Waals surface area contributed by atoms with Crippen LogP contribution in [0.4, 0.5) is 22.0 Å². The summed E-state index contributed by atoms with van der Waals surface area (Å²) in [6.07, 6.45) is -3.70. The standard InChI is InChI=1S/C16H14F5N3O2/c1-15(26,16(19,20)21)14(25)23-5-4-12-9(8-23)7-22-24(12)13-3-2-10(17)6-11(13)18/h2-3,6-7,26H,4-5,8H2,1H3/t15-/m1/s1. The van der Waals surface area contributed by atoms with Crippen molar-refractivity contribution in [3.63, 3.8) is 0 Å². The molecule has 26 heavy (non-hydrogen) atoms. The summed E-state index contributed by atoms with van der Waals surface area (Å²) < 4.78 is 66.8. The predicted octanol–water partition coefficient (Wildman–Crippen LogP) is 2.35. The molecule has 10 heteroatoms. The van der Waals surface area contributed by atoms with Crippen LogP contribution >= 0.6 is 0 Å². The molecule has 0 saturated heterocycles. The van der Waals surface area contributed by atoms with E-state index in [0.717, 1.165) is 11.0 Å². The zero-order chi connectivity index (χ0) is 19.3. The van der Waals surface area contributed by atoms with Crippen LogP contribution in [0.25, 0.3) is 5.69 Å². The van der Waals surface area contributed by atoms with Crippen molar-refractivity contribution in [2.75, 3.05) is 6.54 Å². The summed E-state index contributed by atoms with van der Waals surface area (Å²) in [5.41, 5.74) is -2.57. The Labute approximate surface area is 144 Å². The van der Waals surface area contributed by atoms with Crippen LogP contribution in [0.3, 0.4) is 0 Å². The zero-order valence-corrected chi connectivity index (χ0v) is 13.5. The fourth-order valence-electron chi connectivity index (χ4n) is 2.79. The Morgan fingerprint density at radius 2 is 1.96 bits per heavy atom. The second-order valence-electron chi connectivity index (χ2n) is 6.17. The topological polar surface area (TPSA) is 58.4 Å². The SMILES string of the molecule is C[C@@](O)(C(=O)N1CCc2c(cnn2-c2ccc(F)cc2F)C1)C(F)(F)F. The smallest absolute Gasteiger partial charge is 0.373 e. The number of halogens is 5. The molecule has 3 rings (SSSR count). The van der Waals surface area contributed by atoms with Crippen molar-refractivity contribution in [1.82, 2.24) is 14.7 Å². The van der Waals surface area contributed by atoms with Gasteiger partial charge in [0.1, 0.15) is 11.5 Å². The molecule has 5 nitrogen and oxygen atoms in total. The van der Waals surface area contributed by atoms with E-state index >= 15 is 0 Å². The van der Waals surface area contributed by atoms with Gasteiger partial charge >= 0.3 is 6.18 Å². The van der Waals surface area contributed by atoms with Gasteiger partial charge in [0.25, 0.3) is 5.91 Å². The lowest BCUT2D eigenvalue weighted by molar-refractivity contribution is -0.250. The van der Waals surface area contributed by atoms with E-state index in [2.05, 4.69) is 5.10 Å². The average Bonchev–Trinajstić information content (AvgIpc) is 2.96. The van der Waals surface area contributed by atoms with Crippen LogP contribution < -0.4 is 0 Å². The number of fused-ring (bicyclic) bond motifs is 1. The Bertz CT molecular complexity index is 860. The second kappa shape index (κ2) is 6.04. The molecule has 1 N–H and O–H groups in total. The van der Waals surface area contributed by atoms with E-state index in [-0.39, 0.29) is 25.2 Å². The molecule has 0 saturated carbocycles. The van der Waals surface area contributed by atoms with E-state index in [1.165, 1.54) is 16.9 Å². The van der Waals surface area contributed by atoms with Gasteiger partial charge in [-0.25, -0.2) is 13.5 Å². The van der Waals surface area contributed by atoms with Crippen LogP contribution in [0.1, 0.15) is 18.2 Å². The Morgan fingerprint density at radius 1 is 1.27 bits per heavy atom. The average molecular weight is 375 g/mol. The van der Waals surface area contributed by atoms with Crippen molar-refractivity contribution >= 4 is 5.91 Å². The van der Waals surface area contributed by atoms with Gasteiger partial charge < -0.3 is 10.0 Å². The Morgan fingerprint density at radius 3 is 2.58 bits per heavy atom. The highest BCUT2D eigenvalue weighted by Gasteiger charge is 2.57. The number of aliphatic hydroxyl groups is 1. The summed E-state index contributed by atoms with van der Waals surface area (Å²) in [4.78, 5) is 12.9. The van der Waals surface area contributed by atoms with Crippen LogP contribution in [-0.2, 0) is 17.8 Å². The van der Waals surface area contributed by atoms with E-state index in [1.54, 1.807) is 0 Å². The van der Waals surface area contributed by atoms with Crippen molar-refractivity contribution < 1.29 is 31.9 Å². The van der Waals surface area contributed by atoms with Crippen molar-refractivity contribution in [3.05, 3.63) is 47.3 Å². The van der Waals surface area contributed by atoms with E-state index < -0.39 is 29.3 Å². The van der Waals surface area contributed by atoms with Gasteiger partial charge in [-0.05, 0) is 19.1 Å². The number of amides is 1. The molecule has 1 amide bonds. The largest absolute Gasteiger partial charge is 0.426 e. The summed E-state index contributed by atoms with van der Waals surface area (Å²) >= 11 is 0. The van der Waals surface area contributed by atoms with Crippen molar-refractivity contribution in [2.24, 2.45) is 0 Å². The molecular formula is C16H14F5N3O2. The number of aromatic nitrogens is 2. The summed E-state index contributed by atoms with van der Waals surface area (Å²) in [6, 6.07) is 2.96. The first-order valence-electron chi connectivity index (χ1n) is 7.62. The molecule has 0 spiro atoms. The summed E-state index contributed by atoms with van der Waals surface area (Å²) in [7, 11) is 0. The number of carbonyl (C=O) groups is 1. The molecule has 1 atom stereocenters. The third kappa shape index (κ3) is 2.94. The van der Waals surface area contributed by atoms with Crippen LogP contribution in [0.2, 0.25) is 0 Å². The third-order valence-electron chi connectivity index (χ3n) is 4.33. The molecule has 0 unspecified atom stereocenters. The van der Waals surface area contributed by atoms with Gasteiger partial charge in [0.15, 0.2) is 5.82 Å². The molecule has 140 valence electrons. The lowest BCUT2D eigenvalue weighted by Crippen LogP contribution is -2.56. The molecule has 0 bridgehead atoms. The highest BCUT2D eigenvalue weighted by Crippen LogP contribution is 2.33. The first-order chi connectivity index (χ1) is 12.0. The molecule has 1 aromatic carbocycles. The number of rotatable bonds is 2. The normalized spacial score (nSPS) is 17.0. The number of benzene rings is 1. The maximum atomic E-state index is 14.0. The summed E-state index contributed by atoms with van der Waals surface area (Å²) in [6.45, 7) is 0.0952. The Balaban J connectivity index is 1.88. The minimum Gasteiger partial charge on any atom is -0.373 e. The Kier molecular flexibility index (Phi) is 4.26. The quantitative estimate of drug-likeness (QED) is 0.820. The van der Waals surface area contributed by atoms with Crippen LogP contribution in [0, 0.1) is 11.6 Å². The van der Waals surface area contributed by atoms with Gasteiger partial charge in [0, 0.05) is 31.1 Å². The first-order valence-corrected chi connectivity index (χ1v) is 7.62. The summed E-state index contributed by atoms with van der Waals surface area (Å²) in [5, 5.41) is 13.5. The van der Waals surface area contributed by atoms with Gasteiger partial charge in [0.05, 0.1) is 11.9 Å². The van der Waals surface area contributed by atoms with E-state index in [1.807, 2.05) is 0 Å². The van der Waals surface area contributed by atoms with Gasteiger partial charge in [-0.15, -0.1) is 0 Å². The van der Waals surface area contributed by atoms with E-state index in [0.29, 0.717) is 24.2 Å². The van der Waals surface area contributed by atoms with Crippen LogP contribution in [0.5, 0.6) is 0 Å². The van der Waals surface area contributed by atoms with E-state index in [9.17, 15) is 31.9 Å². The van der Waals surface area contributed by atoms with Crippen molar-refractivity contribution in [3.8, 4) is 5.69 Å². The molecule has 0 aliphatic carbocycles. The fraction of sp³-hybridized carbons (Fsp3) is 0.375. The number of nitrogens with zero attached hydrogens (tertiary/aromatic N) is 3. The van der Waals surface area contributed by atoms with Crippen molar-refractivity contribution in [1.29, 1.82) is 0 Å². The lowest BCUT2D eigenvalue weighted by atomic mass is 10.0. The maximum absolute atomic E-state index is 14.0. The van der Waals surface area contributed by atoms with Crippen LogP contribution in [0.15, 0.2) is 24.4 Å². The molecule has 1 aliphatic rings. The van der Waals surface area contributed by atoms with Crippen molar-refractivity contribution in [2.45, 2.75) is 31.7 Å². The highest BCUT2D eigenvalue weighted by molar-refractivity contribution is 5.85. The molecule has 2 aromatic rings. The molecular weight excluding hydrogens is 361 g/mol. The first kappa shape index (κ1) is 18.3. The minimum atomic E-state index is -5.11. The zero-order valence-electron chi connectivity index (χ0n) is 13.5. The van der Waals surface area contributed by atoms with Gasteiger partial charge in [-0.1, -0.05) is 0 Å². The molecule has 0 fully saturated rings. The van der Waals surface area contributed by atoms with E-state index in [4.69, 9.17) is 0 Å². The number of alkyl halides is 3. The summed E-state index contributed by atoms with van der Waals surface area (Å²) in [5.74, 6) is -3.05. The van der Waals surface area contributed by atoms with Gasteiger partial charge in [-0.3, -0.25) is 4.79 Å². The fourth-order valence-corrected chi connectivity index (χ4v) is 2.79. The molecule has 1 aromatic heterocycles. The minimum absolute atomic E-state index is 0.00489. The molecule has 1 aliphatic heterocycles. The van der Waals surface area contributed by atoms with Gasteiger partial charge in [0.2, 0.25) is 5.60 Å². The Hall–Kier alpha value is -2.49. The monoisotopic (exact) mass is 375 g/mol. The van der Waals surface area contributed by atoms with Crippen LogP contribution in [-0.4, -0.2) is 44.0 Å². The third-order valence-corrected chi connectivity index (χ3v) is 4.33. The number of carbonyl (C=O) groups excluding carboxylic acids is 1. The highest BCUT2D eigenvalue weighted by atomic mass is 19.4. The predicted molar refractivity (Wildman–Crippen MR) is 79.3 cm³/mol. The second-order valence-corrected chi connectivity index (χ2v) is 6.17. The molecule has 0 radical (unpaired) electrons. The molecule has 2 heterocycles. The maximum Gasteiger partial charge on any atom is 0.426 e. The number of hydrogen-bond acceptors (Lipinski definition) is 3. The lowest BCUT2D eigenvalue weighted by Gasteiger charge is -2.34. The van der Waals surface area contributed by atoms with Gasteiger partial charge in [-0.2, -0.15) is 18.3 Å².